The molecule has 1 unspecified atom stereocenters. The Morgan fingerprint density at radius 1 is 1.32 bits per heavy atom. The van der Waals surface area contributed by atoms with Crippen molar-refractivity contribution in [2.45, 2.75) is 6.42 Å². The molecule has 1 saturated heterocycles. The van der Waals surface area contributed by atoms with Gasteiger partial charge in [0.25, 0.3) is 0 Å². The maximum Gasteiger partial charge on any atom is 0.335 e. The van der Waals surface area contributed by atoms with Crippen LogP contribution in [0.5, 0.6) is 0 Å². The molecule has 2 N–H and O–H groups in total. The van der Waals surface area contributed by atoms with Gasteiger partial charge < -0.3 is 15.3 Å². The minimum Gasteiger partial charge on any atom is -0.478 e. The standard InChI is InChI=1S/C13H14N2O4/c1-15-7-9(6-11(15)16)12(17)14-10-4-2-8(3-5-10)13(18)19/h2-5,9H,6-7H2,1H3,(H,14,17)(H,18,19). The van der Waals surface area contributed by atoms with Gasteiger partial charge in [0.1, 0.15) is 0 Å². The van der Waals surface area contributed by atoms with Crippen molar-refractivity contribution in [3.63, 3.8) is 0 Å². The zero-order valence-corrected chi connectivity index (χ0v) is 10.4. The second kappa shape index (κ2) is 5.09. The summed E-state index contributed by atoms with van der Waals surface area (Å²) in [5, 5.41) is 11.4. The third-order valence-corrected chi connectivity index (χ3v) is 3.11. The summed E-state index contributed by atoms with van der Waals surface area (Å²) in [4.78, 5) is 35.5. The van der Waals surface area contributed by atoms with Crippen molar-refractivity contribution in [1.29, 1.82) is 0 Å². The van der Waals surface area contributed by atoms with E-state index in [4.69, 9.17) is 5.11 Å². The van der Waals surface area contributed by atoms with Crippen LogP contribution in [0.3, 0.4) is 0 Å². The average Bonchev–Trinajstić information content (AvgIpc) is 2.70. The Balaban J connectivity index is 1.99. The zero-order valence-electron chi connectivity index (χ0n) is 10.4. The summed E-state index contributed by atoms with van der Waals surface area (Å²) in [6.07, 6.45) is 0.218. The van der Waals surface area contributed by atoms with E-state index in [9.17, 15) is 14.4 Å². The van der Waals surface area contributed by atoms with Gasteiger partial charge in [-0.25, -0.2) is 4.79 Å². The molecule has 19 heavy (non-hydrogen) atoms. The number of hydrogen-bond donors (Lipinski definition) is 2. The first-order chi connectivity index (χ1) is 8.97. The van der Waals surface area contributed by atoms with Crippen LogP contribution in [0.4, 0.5) is 5.69 Å². The molecule has 0 bridgehead atoms. The first-order valence-corrected chi connectivity index (χ1v) is 5.85. The molecule has 2 amide bonds. The van der Waals surface area contributed by atoms with Crippen molar-refractivity contribution in [2.24, 2.45) is 5.92 Å². The van der Waals surface area contributed by atoms with E-state index in [1.807, 2.05) is 0 Å². The number of carboxylic acid groups (broad SMARTS) is 1. The molecule has 1 fully saturated rings. The molecule has 0 spiro atoms. The van der Waals surface area contributed by atoms with Gasteiger partial charge in [-0.15, -0.1) is 0 Å². The summed E-state index contributed by atoms with van der Waals surface area (Å²) in [5.74, 6) is -1.63. The molecule has 1 aromatic carbocycles. The van der Waals surface area contributed by atoms with Crippen LogP contribution in [0.25, 0.3) is 0 Å². The minimum atomic E-state index is -1.01. The van der Waals surface area contributed by atoms with E-state index < -0.39 is 5.97 Å². The SMILES string of the molecule is CN1CC(C(=O)Nc2ccc(C(=O)O)cc2)CC1=O. The van der Waals surface area contributed by atoms with Gasteiger partial charge >= 0.3 is 5.97 Å². The largest absolute Gasteiger partial charge is 0.478 e. The number of carboxylic acids is 1. The van der Waals surface area contributed by atoms with Crippen molar-refractivity contribution < 1.29 is 19.5 Å². The number of benzene rings is 1. The molecule has 2 rings (SSSR count). The molecule has 100 valence electrons. The maximum absolute atomic E-state index is 11.9. The fourth-order valence-electron chi connectivity index (χ4n) is 1.98. The van der Waals surface area contributed by atoms with Gasteiger partial charge in [0.05, 0.1) is 11.5 Å². The summed E-state index contributed by atoms with van der Waals surface area (Å²) < 4.78 is 0. The van der Waals surface area contributed by atoms with Crippen LogP contribution in [0.1, 0.15) is 16.8 Å². The maximum atomic E-state index is 11.9. The van der Waals surface area contributed by atoms with Crippen LogP contribution >= 0.6 is 0 Å². The van der Waals surface area contributed by atoms with Crippen molar-refractivity contribution >= 4 is 23.5 Å². The Hall–Kier alpha value is -2.37. The van der Waals surface area contributed by atoms with Gasteiger partial charge in [0, 0.05) is 25.7 Å². The van der Waals surface area contributed by atoms with Crippen LogP contribution < -0.4 is 5.32 Å². The van der Waals surface area contributed by atoms with E-state index in [-0.39, 0.29) is 29.7 Å². The smallest absolute Gasteiger partial charge is 0.335 e. The first-order valence-electron chi connectivity index (χ1n) is 5.85. The van der Waals surface area contributed by atoms with Gasteiger partial charge in [-0.1, -0.05) is 0 Å². The number of nitrogens with zero attached hydrogens (tertiary/aromatic N) is 1. The Morgan fingerprint density at radius 3 is 2.42 bits per heavy atom. The molecule has 1 aromatic rings. The third-order valence-electron chi connectivity index (χ3n) is 3.11. The van der Waals surface area contributed by atoms with Crippen LogP contribution in [0.2, 0.25) is 0 Å². The molecular weight excluding hydrogens is 248 g/mol. The monoisotopic (exact) mass is 262 g/mol. The number of nitrogens with one attached hydrogen (secondary N) is 1. The van der Waals surface area contributed by atoms with E-state index in [2.05, 4.69) is 5.32 Å². The second-order valence-electron chi connectivity index (χ2n) is 4.55. The molecule has 6 nitrogen and oxygen atoms in total. The van der Waals surface area contributed by atoms with Gasteiger partial charge in [0.2, 0.25) is 11.8 Å². The van der Waals surface area contributed by atoms with E-state index in [0.29, 0.717) is 12.2 Å². The lowest BCUT2D eigenvalue weighted by Crippen LogP contribution is -2.25. The topological polar surface area (TPSA) is 86.7 Å². The van der Waals surface area contributed by atoms with Crippen molar-refractivity contribution in [2.75, 3.05) is 18.9 Å². The van der Waals surface area contributed by atoms with Gasteiger partial charge in [0.15, 0.2) is 0 Å². The highest BCUT2D eigenvalue weighted by Crippen LogP contribution is 2.18. The lowest BCUT2D eigenvalue weighted by molar-refractivity contribution is -0.127. The summed E-state index contributed by atoms with van der Waals surface area (Å²) in [5.41, 5.74) is 0.686. The van der Waals surface area contributed by atoms with Gasteiger partial charge in [-0.05, 0) is 24.3 Å². The van der Waals surface area contributed by atoms with Crippen molar-refractivity contribution in [3.05, 3.63) is 29.8 Å². The zero-order chi connectivity index (χ0) is 14.0. The number of carbonyl (C=O) groups excluding carboxylic acids is 2. The molecule has 6 heteroatoms. The number of carbonyl (C=O) groups is 3. The third kappa shape index (κ3) is 2.90. The molecule has 1 atom stereocenters. The molecule has 0 aromatic heterocycles. The number of likely N-dealkylation sites (tertiary alicyclic amines) is 1. The molecule has 0 aliphatic carbocycles. The average molecular weight is 262 g/mol. The number of hydrogen-bond acceptors (Lipinski definition) is 3. The predicted molar refractivity (Wildman–Crippen MR) is 67.8 cm³/mol. The highest BCUT2D eigenvalue weighted by atomic mass is 16.4. The molecule has 1 aliphatic rings. The second-order valence-corrected chi connectivity index (χ2v) is 4.55. The van der Waals surface area contributed by atoms with E-state index >= 15 is 0 Å². The highest BCUT2D eigenvalue weighted by molar-refractivity contribution is 5.97. The lowest BCUT2D eigenvalue weighted by atomic mass is 10.1. The van der Waals surface area contributed by atoms with Crippen molar-refractivity contribution in [3.8, 4) is 0 Å². The predicted octanol–water partition coefficient (Wildman–Crippen LogP) is 0.802. The Bertz CT molecular complexity index is 524. The molecular formula is C13H14N2O4. The molecule has 0 saturated carbocycles. The summed E-state index contributed by atoms with van der Waals surface area (Å²) in [6, 6.07) is 5.90. The van der Waals surface area contributed by atoms with Crippen molar-refractivity contribution in [1.82, 2.24) is 4.90 Å². The normalized spacial score (nSPS) is 18.5. The molecule has 0 radical (unpaired) electrons. The van der Waals surface area contributed by atoms with E-state index in [0.717, 1.165) is 0 Å². The van der Waals surface area contributed by atoms with Gasteiger partial charge in [-0.3, -0.25) is 9.59 Å². The summed E-state index contributed by atoms with van der Waals surface area (Å²) in [6.45, 7) is 0.415. The van der Waals surface area contributed by atoms with Crippen LogP contribution in [0, 0.1) is 5.92 Å². The van der Waals surface area contributed by atoms with E-state index in [1.54, 1.807) is 7.05 Å². The van der Waals surface area contributed by atoms with Crippen LogP contribution in [-0.4, -0.2) is 41.4 Å². The Morgan fingerprint density at radius 2 is 1.95 bits per heavy atom. The lowest BCUT2D eigenvalue weighted by Gasteiger charge is -2.11. The molecule has 1 aliphatic heterocycles. The first kappa shape index (κ1) is 13.1. The number of aromatic carboxylic acids is 1. The minimum absolute atomic E-state index is 0.0404. The van der Waals surface area contributed by atoms with Crippen LogP contribution in [0.15, 0.2) is 24.3 Å². The van der Waals surface area contributed by atoms with E-state index in [1.165, 1.54) is 29.2 Å². The highest BCUT2D eigenvalue weighted by Gasteiger charge is 2.32. The Labute approximate surface area is 110 Å². The number of anilines is 1. The summed E-state index contributed by atoms with van der Waals surface area (Å²) in [7, 11) is 1.66. The fourth-order valence-corrected chi connectivity index (χ4v) is 1.98. The Kier molecular flexibility index (Phi) is 3.50. The van der Waals surface area contributed by atoms with Crippen LogP contribution in [-0.2, 0) is 9.59 Å². The molecule has 1 heterocycles. The quantitative estimate of drug-likeness (QED) is 0.843. The summed E-state index contributed by atoms with van der Waals surface area (Å²) >= 11 is 0. The number of rotatable bonds is 3. The van der Waals surface area contributed by atoms with Gasteiger partial charge in [-0.2, -0.15) is 0 Å². The number of amides is 2. The fraction of sp³-hybridized carbons (Fsp3) is 0.308.